The second-order valence-corrected chi connectivity index (χ2v) is 7.55. The van der Waals surface area contributed by atoms with Crippen molar-refractivity contribution >= 4 is 23.0 Å². The fourth-order valence-corrected chi connectivity index (χ4v) is 3.89. The maximum atomic E-state index is 12.9. The molecule has 0 unspecified atom stereocenters. The van der Waals surface area contributed by atoms with Crippen LogP contribution in [-0.4, -0.2) is 34.1 Å². The molecule has 3 atom stereocenters. The third-order valence-electron chi connectivity index (χ3n) is 5.70. The summed E-state index contributed by atoms with van der Waals surface area (Å²) in [7, 11) is 0. The quantitative estimate of drug-likeness (QED) is 0.788. The lowest BCUT2D eigenvalue weighted by molar-refractivity contribution is -0.123. The molecule has 2 aromatic rings. The van der Waals surface area contributed by atoms with E-state index >= 15 is 0 Å². The summed E-state index contributed by atoms with van der Waals surface area (Å²) in [6.45, 7) is 7.63. The van der Waals surface area contributed by atoms with Crippen molar-refractivity contribution in [1.29, 1.82) is 0 Å². The van der Waals surface area contributed by atoms with E-state index in [1.807, 2.05) is 0 Å². The molecule has 0 radical (unpaired) electrons. The van der Waals surface area contributed by atoms with E-state index < -0.39 is 11.5 Å². The first kappa shape index (κ1) is 20.1. The third kappa shape index (κ3) is 3.81. The van der Waals surface area contributed by atoms with Crippen molar-refractivity contribution in [3.8, 4) is 0 Å². The lowest BCUT2D eigenvalue weighted by Crippen LogP contribution is -2.45. The van der Waals surface area contributed by atoms with Crippen molar-refractivity contribution in [2.75, 3.05) is 6.61 Å². The molecule has 0 aliphatic heterocycles. The van der Waals surface area contributed by atoms with Crippen LogP contribution in [-0.2, 0) is 16.1 Å². The van der Waals surface area contributed by atoms with Gasteiger partial charge in [0.05, 0.1) is 6.61 Å². The maximum Gasteiger partial charge on any atom is 0.342 e. The van der Waals surface area contributed by atoms with E-state index in [1.54, 1.807) is 13.8 Å². The topological polar surface area (TPSA) is 103 Å². The van der Waals surface area contributed by atoms with Gasteiger partial charge in [-0.3, -0.25) is 14.2 Å². The monoisotopic (exact) mass is 389 g/mol. The molecule has 28 heavy (non-hydrogen) atoms. The Morgan fingerprint density at radius 2 is 2.11 bits per heavy atom. The minimum Gasteiger partial charge on any atom is -0.462 e. The number of ether oxygens (including phenoxy) is 1. The molecule has 2 aromatic heterocycles. The summed E-state index contributed by atoms with van der Waals surface area (Å²) in [5, 5.41) is 3.09. The summed E-state index contributed by atoms with van der Waals surface area (Å²) in [5.41, 5.74) is -0.360. The zero-order chi connectivity index (χ0) is 20.4. The molecule has 1 aliphatic rings. The van der Waals surface area contributed by atoms with Gasteiger partial charge in [-0.15, -0.1) is 0 Å². The van der Waals surface area contributed by atoms with Gasteiger partial charge in [-0.2, -0.15) is 0 Å². The number of carbonyl (C=O) groups excluding carboxylic acids is 2. The summed E-state index contributed by atoms with van der Waals surface area (Å²) in [5.74, 6) is 0.338. The van der Waals surface area contributed by atoms with Crippen molar-refractivity contribution in [3.05, 3.63) is 28.0 Å². The van der Waals surface area contributed by atoms with Gasteiger partial charge in [0.15, 0.2) is 0 Å². The molecule has 1 N–H and O–H groups in total. The van der Waals surface area contributed by atoms with Gasteiger partial charge < -0.3 is 14.5 Å². The minimum atomic E-state index is -0.634. The van der Waals surface area contributed by atoms with Crippen molar-refractivity contribution < 1.29 is 18.7 Å². The predicted octanol–water partition coefficient (Wildman–Crippen LogP) is 2.42. The molecular weight excluding hydrogens is 362 g/mol. The minimum absolute atomic E-state index is 0.0471. The van der Waals surface area contributed by atoms with E-state index in [2.05, 4.69) is 24.1 Å². The molecule has 0 bridgehead atoms. The van der Waals surface area contributed by atoms with Gasteiger partial charge in [0.1, 0.15) is 29.6 Å². The summed E-state index contributed by atoms with van der Waals surface area (Å²) < 4.78 is 11.6. The highest BCUT2D eigenvalue weighted by Gasteiger charge is 2.29. The zero-order valence-corrected chi connectivity index (χ0v) is 16.8. The van der Waals surface area contributed by atoms with Crippen LogP contribution >= 0.6 is 0 Å². The number of carbonyl (C=O) groups is 2. The first-order valence-corrected chi connectivity index (χ1v) is 9.78. The highest BCUT2D eigenvalue weighted by Crippen LogP contribution is 2.29. The molecule has 8 nitrogen and oxygen atoms in total. The van der Waals surface area contributed by atoms with Crippen LogP contribution < -0.4 is 10.9 Å². The molecule has 8 heteroatoms. The van der Waals surface area contributed by atoms with E-state index in [-0.39, 0.29) is 47.5 Å². The number of hydrogen-bond acceptors (Lipinski definition) is 6. The highest BCUT2D eigenvalue weighted by atomic mass is 16.5. The van der Waals surface area contributed by atoms with E-state index in [0.29, 0.717) is 11.8 Å². The average molecular weight is 389 g/mol. The molecule has 1 fully saturated rings. The Kier molecular flexibility index (Phi) is 5.86. The molecule has 1 saturated carbocycles. The Hall–Kier alpha value is -2.64. The van der Waals surface area contributed by atoms with E-state index in [4.69, 9.17) is 9.15 Å². The molecule has 2 heterocycles. The van der Waals surface area contributed by atoms with Gasteiger partial charge >= 0.3 is 5.97 Å². The number of nitrogens with one attached hydrogen (secondary N) is 1. The first-order chi connectivity index (χ1) is 13.3. The third-order valence-corrected chi connectivity index (χ3v) is 5.70. The fourth-order valence-electron chi connectivity index (χ4n) is 3.89. The van der Waals surface area contributed by atoms with E-state index in [0.717, 1.165) is 12.8 Å². The Bertz CT molecular complexity index is 945. The lowest BCUT2D eigenvalue weighted by atomic mass is 9.78. The van der Waals surface area contributed by atoms with Gasteiger partial charge in [-0.05, 0) is 32.1 Å². The van der Waals surface area contributed by atoms with Crippen LogP contribution in [0.25, 0.3) is 11.1 Å². The first-order valence-electron chi connectivity index (χ1n) is 9.78. The standard InChI is InChI=1S/C20H27N3O5/c1-5-27-20(26)16-13(4)28-18-17(16)19(25)23(10-21-18)9-15(24)22-14-8-6-7-11(2)12(14)3/h10-12,14H,5-9H2,1-4H3,(H,22,24)/t11-,12-,14-/m0/s1. The van der Waals surface area contributed by atoms with E-state index in [9.17, 15) is 14.4 Å². The number of rotatable bonds is 5. The zero-order valence-electron chi connectivity index (χ0n) is 16.8. The van der Waals surface area contributed by atoms with Gasteiger partial charge in [0, 0.05) is 6.04 Å². The Morgan fingerprint density at radius 1 is 1.36 bits per heavy atom. The van der Waals surface area contributed by atoms with Gasteiger partial charge in [-0.1, -0.05) is 26.7 Å². The number of nitrogens with zero attached hydrogens (tertiary/aromatic N) is 2. The summed E-state index contributed by atoms with van der Waals surface area (Å²) in [4.78, 5) is 41.7. The Labute approximate surface area is 163 Å². The van der Waals surface area contributed by atoms with E-state index in [1.165, 1.54) is 17.3 Å². The summed E-state index contributed by atoms with van der Waals surface area (Å²) in [6, 6.07) is 0.106. The van der Waals surface area contributed by atoms with Crippen molar-refractivity contribution in [1.82, 2.24) is 14.9 Å². The number of furan rings is 1. The van der Waals surface area contributed by atoms with Crippen LogP contribution in [0.5, 0.6) is 0 Å². The number of esters is 1. The normalized spacial score (nSPS) is 22.2. The van der Waals surface area contributed by atoms with Crippen molar-refractivity contribution in [3.63, 3.8) is 0 Å². The molecule has 1 amide bonds. The van der Waals surface area contributed by atoms with Gasteiger partial charge in [0.2, 0.25) is 11.6 Å². The van der Waals surface area contributed by atoms with Crippen LogP contribution in [0, 0.1) is 18.8 Å². The largest absolute Gasteiger partial charge is 0.462 e. The molecule has 0 saturated heterocycles. The molecule has 1 aliphatic carbocycles. The summed E-state index contributed by atoms with van der Waals surface area (Å²) >= 11 is 0. The molecule has 0 spiro atoms. The highest BCUT2D eigenvalue weighted by molar-refractivity contribution is 6.03. The maximum absolute atomic E-state index is 12.9. The van der Waals surface area contributed by atoms with Crippen molar-refractivity contribution in [2.45, 2.75) is 59.5 Å². The van der Waals surface area contributed by atoms with Crippen LogP contribution in [0.4, 0.5) is 0 Å². The van der Waals surface area contributed by atoms with Crippen LogP contribution in [0.3, 0.4) is 0 Å². The van der Waals surface area contributed by atoms with Crippen molar-refractivity contribution in [2.24, 2.45) is 11.8 Å². The average Bonchev–Trinajstić information content (AvgIpc) is 2.98. The van der Waals surface area contributed by atoms with Gasteiger partial charge in [0.25, 0.3) is 5.56 Å². The molecule has 3 rings (SSSR count). The molecule has 152 valence electrons. The molecule has 0 aromatic carbocycles. The number of fused-ring (bicyclic) bond motifs is 1. The van der Waals surface area contributed by atoms with Crippen LogP contribution in [0.15, 0.2) is 15.5 Å². The number of amides is 1. The fraction of sp³-hybridized carbons (Fsp3) is 0.600. The SMILES string of the molecule is CCOC(=O)c1c(C)oc2ncn(CC(=O)N[C@H]3CCC[C@H](C)[C@@H]3C)c(=O)c12. The summed E-state index contributed by atoms with van der Waals surface area (Å²) in [6.07, 6.45) is 4.47. The smallest absolute Gasteiger partial charge is 0.342 e. The number of hydrogen-bond donors (Lipinski definition) is 1. The second kappa shape index (κ2) is 8.16. The number of aryl methyl sites for hydroxylation is 1. The Morgan fingerprint density at radius 3 is 2.82 bits per heavy atom. The van der Waals surface area contributed by atoms with Crippen LogP contribution in [0.2, 0.25) is 0 Å². The number of aromatic nitrogens is 2. The Balaban J connectivity index is 1.84. The van der Waals surface area contributed by atoms with Crippen LogP contribution in [0.1, 0.15) is 56.2 Å². The predicted molar refractivity (Wildman–Crippen MR) is 103 cm³/mol. The lowest BCUT2D eigenvalue weighted by Gasteiger charge is -2.34. The van der Waals surface area contributed by atoms with Gasteiger partial charge in [-0.25, -0.2) is 9.78 Å². The molecular formula is C20H27N3O5. The second-order valence-electron chi connectivity index (χ2n) is 7.55.